The minimum Gasteiger partial charge on any atom is -0.341 e. The fourth-order valence-electron chi connectivity index (χ4n) is 4.74. The van der Waals surface area contributed by atoms with Gasteiger partial charge in [-0.3, -0.25) is 9.52 Å². The van der Waals surface area contributed by atoms with E-state index >= 15 is 0 Å². The highest BCUT2D eigenvalue weighted by Gasteiger charge is 2.23. The summed E-state index contributed by atoms with van der Waals surface area (Å²) in [5, 5.41) is 2.12. The van der Waals surface area contributed by atoms with E-state index < -0.39 is 10.0 Å². The molecule has 0 spiro atoms. The number of hydrogen-bond donors (Lipinski definition) is 1. The summed E-state index contributed by atoms with van der Waals surface area (Å²) in [6.07, 6.45) is 1.58. The number of para-hydroxylation sites is 1. The topological polar surface area (TPSA) is 71.4 Å². The van der Waals surface area contributed by atoms with Gasteiger partial charge >= 0.3 is 0 Å². The number of benzene rings is 3. The highest BCUT2D eigenvalue weighted by molar-refractivity contribution is 7.92. The largest absolute Gasteiger partial charge is 0.341 e. The van der Waals surface area contributed by atoms with E-state index in [0.29, 0.717) is 12.2 Å². The molecule has 1 N–H and O–H groups in total. The predicted octanol–water partition coefficient (Wildman–Crippen LogP) is 4.91. The first-order valence-corrected chi connectivity index (χ1v) is 12.3. The van der Waals surface area contributed by atoms with Gasteiger partial charge < -0.3 is 9.47 Å². The van der Waals surface area contributed by atoms with Crippen LogP contribution in [0, 0.1) is 0 Å². The number of fused-ring (bicyclic) bond motifs is 4. The van der Waals surface area contributed by atoms with Crippen LogP contribution in [0.2, 0.25) is 0 Å². The summed E-state index contributed by atoms with van der Waals surface area (Å²) in [4.78, 5) is 13.8. The van der Waals surface area contributed by atoms with E-state index in [-0.39, 0.29) is 10.8 Å². The number of hydrogen-bond acceptors (Lipinski definition) is 3. The van der Waals surface area contributed by atoms with Gasteiger partial charge in [-0.25, -0.2) is 8.42 Å². The van der Waals surface area contributed by atoms with Crippen molar-refractivity contribution in [2.75, 3.05) is 16.2 Å². The van der Waals surface area contributed by atoms with Gasteiger partial charge in [-0.2, -0.15) is 0 Å². The van der Waals surface area contributed by atoms with Crippen LogP contribution >= 0.6 is 0 Å². The minimum absolute atomic E-state index is 0.0285. The lowest BCUT2D eigenvalue weighted by atomic mass is 10.0. The Balaban J connectivity index is 1.52. The first-order chi connectivity index (χ1) is 15.4. The Morgan fingerprint density at radius 3 is 2.56 bits per heavy atom. The Bertz CT molecular complexity index is 1470. The molecule has 2 heterocycles. The quantitative estimate of drug-likeness (QED) is 0.483. The minimum atomic E-state index is -3.77. The fraction of sp³-hybridized carbons (Fsp3) is 0.240. The van der Waals surface area contributed by atoms with Crippen LogP contribution in [0.4, 0.5) is 11.4 Å². The molecule has 1 aromatic heterocycles. The molecule has 0 radical (unpaired) electrons. The lowest BCUT2D eigenvalue weighted by Gasteiger charge is -2.28. The second-order valence-electron chi connectivity index (χ2n) is 8.16. The first kappa shape index (κ1) is 20.6. The summed E-state index contributed by atoms with van der Waals surface area (Å²) in [5.41, 5.74) is 4.43. The lowest BCUT2D eigenvalue weighted by molar-refractivity contribution is -0.116. The molecule has 1 aliphatic rings. The third kappa shape index (κ3) is 3.33. The van der Waals surface area contributed by atoms with E-state index in [2.05, 4.69) is 28.3 Å². The van der Waals surface area contributed by atoms with Crippen molar-refractivity contribution in [2.24, 2.45) is 0 Å². The van der Waals surface area contributed by atoms with Gasteiger partial charge in [-0.1, -0.05) is 18.2 Å². The lowest BCUT2D eigenvalue weighted by Crippen LogP contribution is -2.33. The van der Waals surface area contributed by atoms with Gasteiger partial charge in [-0.05, 0) is 67.8 Å². The molecule has 7 heteroatoms. The standard InChI is InChI=1S/C25H25N3O3S/c1-3-27-24-9-5-4-8-21(24)22-16-19(10-12-25(22)27)26-32(30,31)20-11-13-23-18(15-20)7-6-14-28(23)17(2)29/h4-5,8-13,15-16,26H,3,6-7,14H2,1-2H3. The van der Waals surface area contributed by atoms with E-state index in [4.69, 9.17) is 0 Å². The Morgan fingerprint density at radius 2 is 1.78 bits per heavy atom. The van der Waals surface area contributed by atoms with Gasteiger partial charge in [0.15, 0.2) is 0 Å². The van der Waals surface area contributed by atoms with Crippen LogP contribution < -0.4 is 9.62 Å². The molecule has 1 aliphatic heterocycles. The maximum Gasteiger partial charge on any atom is 0.261 e. The molecule has 4 aromatic rings. The number of carbonyl (C=O) groups is 1. The van der Waals surface area contributed by atoms with Gasteiger partial charge in [0.25, 0.3) is 10.0 Å². The number of carbonyl (C=O) groups excluding carboxylic acids is 1. The van der Waals surface area contributed by atoms with E-state index in [1.54, 1.807) is 29.2 Å². The maximum absolute atomic E-state index is 13.2. The van der Waals surface area contributed by atoms with Crippen LogP contribution in [0.15, 0.2) is 65.6 Å². The van der Waals surface area contributed by atoms with Gasteiger partial charge in [0.05, 0.1) is 4.90 Å². The molecule has 6 nitrogen and oxygen atoms in total. The van der Waals surface area contributed by atoms with Gasteiger partial charge in [-0.15, -0.1) is 0 Å². The third-order valence-electron chi connectivity index (χ3n) is 6.20. The number of sulfonamides is 1. The molecular weight excluding hydrogens is 422 g/mol. The van der Waals surface area contributed by atoms with Crippen LogP contribution in [0.25, 0.3) is 21.8 Å². The summed E-state index contributed by atoms with van der Waals surface area (Å²) in [6, 6.07) is 18.8. The van der Waals surface area contributed by atoms with Crippen molar-refractivity contribution in [1.29, 1.82) is 0 Å². The SMILES string of the molecule is CCn1c2ccccc2c2cc(NS(=O)(=O)c3ccc4c(c3)CCCN4C(C)=O)ccc21. The Hall–Kier alpha value is -3.32. The first-order valence-electron chi connectivity index (χ1n) is 10.8. The van der Waals surface area contributed by atoms with Crippen LogP contribution in [0.1, 0.15) is 25.8 Å². The molecule has 0 unspecified atom stereocenters. The third-order valence-corrected chi connectivity index (χ3v) is 7.58. The average Bonchev–Trinajstić information content (AvgIpc) is 3.11. The van der Waals surface area contributed by atoms with Crippen LogP contribution in [0.5, 0.6) is 0 Å². The highest BCUT2D eigenvalue weighted by Crippen LogP contribution is 2.33. The molecule has 3 aromatic carbocycles. The fourth-order valence-corrected chi connectivity index (χ4v) is 5.84. The molecule has 32 heavy (non-hydrogen) atoms. The Labute approximate surface area is 187 Å². The van der Waals surface area contributed by atoms with Crippen LogP contribution in [0.3, 0.4) is 0 Å². The zero-order chi connectivity index (χ0) is 22.5. The zero-order valence-electron chi connectivity index (χ0n) is 18.1. The molecule has 0 saturated heterocycles. The van der Waals surface area contributed by atoms with Crippen molar-refractivity contribution in [3.05, 3.63) is 66.2 Å². The number of nitrogens with one attached hydrogen (secondary N) is 1. The summed E-state index contributed by atoms with van der Waals surface area (Å²) in [7, 11) is -3.77. The number of amides is 1. The van der Waals surface area contributed by atoms with Crippen molar-refractivity contribution in [2.45, 2.75) is 38.1 Å². The molecule has 0 aliphatic carbocycles. The maximum atomic E-state index is 13.2. The van der Waals surface area contributed by atoms with E-state index in [1.807, 2.05) is 24.3 Å². The molecule has 0 bridgehead atoms. The second kappa shape index (κ2) is 7.67. The highest BCUT2D eigenvalue weighted by atomic mass is 32.2. The van der Waals surface area contributed by atoms with E-state index in [9.17, 15) is 13.2 Å². The molecule has 1 amide bonds. The smallest absolute Gasteiger partial charge is 0.261 e. The Morgan fingerprint density at radius 1 is 1.00 bits per heavy atom. The average molecular weight is 448 g/mol. The molecule has 164 valence electrons. The number of aromatic nitrogens is 1. The van der Waals surface area contributed by atoms with Crippen LogP contribution in [-0.4, -0.2) is 25.4 Å². The summed E-state index contributed by atoms with van der Waals surface area (Å²) >= 11 is 0. The van der Waals surface area contributed by atoms with Crippen molar-refractivity contribution >= 4 is 49.1 Å². The van der Waals surface area contributed by atoms with Gasteiger partial charge in [0.2, 0.25) is 5.91 Å². The molecule has 0 atom stereocenters. The molecule has 5 rings (SSSR count). The van der Waals surface area contributed by atoms with E-state index in [0.717, 1.165) is 52.4 Å². The summed E-state index contributed by atoms with van der Waals surface area (Å²) in [5.74, 6) is -0.0285. The predicted molar refractivity (Wildman–Crippen MR) is 129 cm³/mol. The number of aryl methyl sites for hydroxylation is 2. The monoisotopic (exact) mass is 447 g/mol. The van der Waals surface area contributed by atoms with Crippen LogP contribution in [-0.2, 0) is 27.8 Å². The van der Waals surface area contributed by atoms with Crippen molar-refractivity contribution in [3.63, 3.8) is 0 Å². The van der Waals surface area contributed by atoms with Gasteiger partial charge in [0, 0.05) is 53.2 Å². The molecular formula is C25H25N3O3S. The van der Waals surface area contributed by atoms with Crippen molar-refractivity contribution in [1.82, 2.24) is 4.57 Å². The van der Waals surface area contributed by atoms with Gasteiger partial charge in [0.1, 0.15) is 0 Å². The van der Waals surface area contributed by atoms with Crippen molar-refractivity contribution < 1.29 is 13.2 Å². The summed E-state index contributed by atoms with van der Waals surface area (Å²) in [6.45, 7) is 5.14. The van der Waals surface area contributed by atoms with Crippen molar-refractivity contribution in [3.8, 4) is 0 Å². The zero-order valence-corrected chi connectivity index (χ0v) is 18.9. The number of nitrogens with zero attached hydrogens (tertiary/aromatic N) is 2. The second-order valence-corrected chi connectivity index (χ2v) is 9.85. The summed E-state index contributed by atoms with van der Waals surface area (Å²) < 4.78 is 31.3. The number of rotatable bonds is 4. The molecule has 0 saturated carbocycles. The number of anilines is 2. The normalized spacial score (nSPS) is 14.0. The Kier molecular flexibility index (Phi) is 4.93. The van der Waals surface area contributed by atoms with E-state index in [1.165, 1.54) is 6.92 Å². The molecule has 0 fully saturated rings.